The van der Waals surface area contributed by atoms with Crippen LogP contribution in [0.15, 0.2) is 29.1 Å². The molecule has 0 spiro atoms. The van der Waals surface area contributed by atoms with Gasteiger partial charge in [-0.3, -0.25) is 14.9 Å². The summed E-state index contributed by atoms with van der Waals surface area (Å²) in [6.07, 6.45) is -0.383. The van der Waals surface area contributed by atoms with Crippen molar-refractivity contribution in [3.63, 3.8) is 0 Å². The lowest BCUT2D eigenvalue weighted by atomic mass is 9.85. The van der Waals surface area contributed by atoms with E-state index in [4.69, 9.17) is 23.9 Å². The van der Waals surface area contributed by atoms with E-state index in [2.05, 4.69) is 29.8 Å². The third-order valence-corrected chi connectivity index (χ3v) is 12.7. The average molecular weight is 746 g/mol. The maximum atomic E-state index is 14.3. The summed E-state index contributed by atoms with van der Waals surface area (Å²) in [5.41, 5.74) is -0.455. The van der Waals surface area contributed by atoms with E-state index >= 15 is 0 Å². The number of rotatable bonds is 9. The number of hydrogen-bond acceptors (Lipinski definition) is 11. The molecule has 0 saturated heterocycles. The second-order valence-electron chi connectivity index (χ2n) is 16.0. The van der Waals surface area contributed by atoms with Crippen LogP contribution >= 0.6 is 0 Å². The molecule has 1 aromatic carbocycles. The number of carbonyl (C=O) groups excluding carboxylic acids is 4. The number of nitrogens with one attached hydrogen (secondary N) is 2. The van der Waals surface area contributed by atoms with Gasteiger partial charge in [-0.1, -0.05) is 26.1 Å². The van der Waals surface area contributed by atoms with Crippen molar-refractivity contribution in [2.75, 3.05) is 11.9 Å². The Bertz CT molecular complexity index is 2110. The van der Waals surface area contributed by atoms with Crippen molar-refractivity contribution in [1.29, 1.82) is 5.26 Å². The summed E-state index contributed by atoms with van der Waals surface area (Å²) in [4.78, 5) is 70.9. The molecule has 2 aliphatic rings. The smallest absolute Gasteiger partial charge is 0.412 e. The predicted molar refractivity (Wildman–Crippen MR) is 199 cm³/mol. The minimum atomic E-state index is -2.37. The van der Waals surface area contributed by atoms with E-state index in [-0.39, 0.29) is 30.7 Å². The lowest BCUT2D eigenvalue weighted by molar-refractivity contribution is -0.188. The van der Waals surface area contributed by atoms with E-state index in [1.807, 2.05) is 6.07 Å². The summed E-state index contributed by atoms with van der Waals surface area (Å²) >= 11 is 0. The average Bonchev–Trinajstić information content (AvgIpc) is 3.40. The van der Waals surface area contributed by atoms with E-state index in [1.165, 1.54) is 0 Å². The van der Waals surface area contributed by atoms with Gasteiger partial charge in [0.2, 0.25) is 5.60 Å². The molecule has 1 atom stereocenters. The molecule has 2 amide bonds. The van der Waals surface area contributed by atoms with Gasteiger partial charge in [0.15, 0.2) is 0 Å². The molecule has 2 N–H and O–H groups in total. The molecule has 1 unspecified atom stereocenters. The van der Waals surface area contributed by atoms with E-state index in [1.54, 1.807) is 71.2 Å². The van der Waals surface area contributed by atoms with Gasteiger partial charge in [0.1, 0.15) is 24.4 Å². The van der Waals surface area contributed by atoms with Gasteiger partial charge in [-0.2, -0.15) is 5.26 Å². The number of alkyl carbamates (subject to hydrolysis) is 1. The first-order valence-corrected chi connectivity index (χ1v) is 20.9. The predicted octanol–water partition coefficient (Wildman–Crippen LogP) is 5.72. The minimum Gasteiger partial charge on any atom is -0.457 e. The number of cyclic esters (lactones) is 1. The van der Waals surface area contributed by atoms with Gasteiger partial charge in [-0.05, 0) is 89.4 Å². The second-order valence-corrected chi connectivity index (χ2v) is 20.7. The van der Waals surface area contributed by atoms with Crippen LogP contribution in [0.5, 0.6) is 0 Å². The number of fused-ring (bicyclic) bond motifs is 5. The Kier molecular flexibility index (Phi) is 10.5. The van der Waals surface area contributed by atoms with E-state index < -0.39 is 61.1 Å². The lowest BCUT2D eigenvalue weighted by Gasteiger charge is -2.35. The zero-order chi connectivity index (χ0) is 39.1. The van der Waals surface area contributed by atoms with Crippen molar-refractivity contribution in [1.82, 2.24) is 14.9 Å². The number of amides is 2. The first-order valence-electron chi connectivity index (χ1n) is 17.7. The molecule has 0 bridgehead atoms. The lowest BCUT2D eigenvalue weighted by Crippen LogP contribution is -2.49. The molecular weight excluding hydrogens is 699 g/mol. The third-order valence-electron chi connectivity index (χ3n) is 9.13. The van der Waals surface area contributed by atoms with Gasteiger partial charge in [-0.25, -0.2) is 19.4 Å². The van der Waals surface area contributed by atoms with Crippen LogP contribution in [-0.4, -0.2) is 59.5 Å². The number of pyridine rings is 2. The summed E-state index contributed by atoms with van der Waals surface area (Å²) in [5, 5.41) is 16.4. The molecule has 15 heteroatoms. The van der Waals surface area contributed by atoms with Gasteiger partial charge in [-0.15, -0.1) is 0 Å². The maximum absolute atomic E-state index is 14.3. The molecule has 0 fully saturated rings. The van der Waals surface area contributed by atoms with Crippen LogP contribution in [0.4, 0.5) is 15.3 Å². The molecule has 282 valence electrons. The Balaban J connectivity index is 1.62. The van der Waals surface area contributed by atoms with Gasteiger partial charge >= 0.3 is 24.1 Å². The Hall–Kier alpha value is -5.23. The number of benzene rings is 1. The van der Waals surface area contributed by atoms with Crippen LogP contribution < -0.4 is 21.4 Å². The Morgan fingerprint density at radius 3 is 2.36 bits per heavy atom. The van der Waals surface area contributed by atoms with Crippen LogP contribution in [0.2, 0.25) is 19.1 Å². The highest BCUT2D eigenvalue weighted by atomic mass is 28.3. The topological polar surface area (TPSA) is 188 Å². The minimum absolute atomic E-state index is 0.0462. The quantitative estimate of drug-likeness (QED) is 0.0923. The molecular formula is C38H47N5O9Si. The van der Waals surface area contributed by atoms with E-state index in [0.29, 0.717) is 35.4 Å². The van der Waals surface area contributed by atoms with Gasteiger partial charge in [0.25, 0.3) is 5.56 Å². The van der Waals surface area contributed by atoms with Gasteiger partial charge in [0, 0.05) is 23.1 Å². The van der Waals surface area contributed by atoms with Crippen LogP contribution in [0.3, 0.4) is 0 Å². The Labute approximate surface area is 309 Å². The summed E-state index contributed by atoms with van der Waals surface area (Å²) < 4.78 is 23.6. The number of carbonyl (C=O) groups is 4. The second kappa shape index (κ2) is 14.3. The fraction of sp³-hybridized carbons (Fsp3) is 0.500. The number of nitriles is 1. The summed E-state index contributed by atoms with van der Waals surface area (Å²) in [5.74, 6) is -1.75. The van der Waals surface area contributed by atoms with Crippen molar-refractivity contribution in [2.24, 2.45) is 0 Å². The molecule has 53 heavy (non-hydrogen) atoms. The standard InChI is InChI=1S/C38H47N5O9Si/c1-10-38(50-29(44)19-40-34(47)51-36(2,3)4)26-18-28-30-24(20-43(28)32(45)25(26)21-49-33(38)46)31(53(8,9)16-12-11-15-39)23-17-22(13-14-27(23)42-30)41-35(48)52-37(5,6)7/h13-14,17-18H,10-12,16,19-21H2,1-9H3,(H,40,47)(H,41,48). The molecule has 0 radical (unpaired) electrons. The fourth-order valence-corrected chi connectivity index (χ4v) is 10.2. The third kappa shape index (κ3) is 8.07. The van der Waals surface area contributed by atoms with Crippen molar-refractivity contribution in [3.8, 4) is 17.5 Å². The molecule has 3 aromatic rings. The Morgan fingerprint density at radius 1 is 1.04 bits per heavy atom. The van der Waals surface area contributed by atoms with Crippen LogP contribution in [0.1, 0.15) is 84.4 Å². The summed E-state index contributed by atoms with van der Waals surface area (Å²) in [7, 11) is -2.37. The number of anilines is 1. The van der Waals surface area contributed by atoms with Gasteiger partial charge in [0.05, 0.1) is 43.2 Å². The largest absolute Gasteiger partial charge is 0.457 e. The Morgan fingerprint density at radius 2 is 1.72 bits per heavy atom. The van der Waals surface area contributed by atoms with Crippen LogP contribution in [-0.2, 0) is 47.3 Å². The highest BCUT2D eigenvalue weighted by molar-refractivity contribution is 6.91. The SMILES string of the molecule is CCC1(OC(=O)CNC(=O)OC(C)(C)C)C(=O)OCc2c1cc1n(c2=O)Cc2c-1nc1ccc(NC(=O)OC(C)(C)C)cc1c2[Si](C)(C)CCCC#N. The molecule has 2 aliphatic heterocycles. The highest BCUT2D eigenvalue weighted by Crippen LogP contribution is 2.41. The zero-order valence-corrected chi connectivity index (χ0v) is 32.8. The van der Waals surface area contributed by atoms with Gasteiger partial charge < -0.3 is 28.8 Å². The number of esters is 2. The summed E-state index contributed by atoms with van der Waals surface area (Å²) in [6, 6.07) is 10.1. The highest BCUT2D eigenvalue weighted by Gasteiger charge is 2.50. The number of aromatic nitrogens is 2. The van der Waals surface area contributed by atoms with E-state index in [0.717, 1.165) is 22.2 Å². The monoisotopic (exact) mass is 745 g/mol. The normalized spacial score (nSPS) is 16.4. The number of nitrogens with zero attached hydrogens (tertiary/aromatic N) is 3. The molecule has 0 saturated carbocycles. The van der Waals surface area contributed by atoms with Crippen molar-refractivity contribution >= 4 is 54.0 Å². The molecule has 0 aliphatic carbocycles. The van der Waals surface area contributed by atoms with Crippen molar-refractivity contribution in [2.45, 2.75) is 117 Å². The first-order chi connectivity index (χ1) is 24.7. The zero-order valence-electron chi connectivity index (χ0n) is 31.8. The molecule has 5 rings (SSSR count). The molecule has 2 aromatic heterocycles. The number of hydrogen-bond donors (Lipinski definition) is 2. The number of ether oxygens (including phenoxy) is 4. The molecule has 14 nitrogen and oxygen atoms in total. The first kappa shape index (κ1) is 39.0. The van der Waals surface area contributed by atoms with Crippen molar-refractivity contribution < 1.29 is 38.1 Å². The van der Waals surface area contributed by atoms with E-state index in [9.17, 15) is 29.2 Å². The number of unbranched alkanes of at least 4 members (excludes halogenated alkanes) is 1. The van der Waals surface area contributed by atoms with Crippen molar-refractivity contribution in [3.05, 3.63) is 51.3 Å². The fourth-order valence-electron chi connectivity index (χ4n) is 6.93. The van der Waals surface area contributed by atoms with Crippen LogP contribution in [0.25, 0.3) is 22.3 Å². The summed E-state index contributed by atoms with van der Waals surface area (Å²) in [6.45, 7) is 15.8. The van der Waals surface area contributed by atoms with Crippen LogP contribution in [0, 0.1) is 11.3 Å². The maximum Gasteiger partial charge on any atom is 0.412 e. The molecule has 4 heterocycles.